The molecular formula is C14H19N5O. The van der Waals surface area contributed by atoms with Crippen LogP contribution in [0.4, 0.5) is 11.6 Å². The molecule has 1 aromatic heterocycles. The average molecular weight is 273 g/mol. The van der Waals surface area contributed by atoms with E-state index in [4.69, 9.17) is 10.3 Å². The first-order valence-electron chi connectivity index (χ1n) is 6.81. The summed E-state index contributed by atoms with van der Waals surface area (Å²) in [6, 6.07) is 7.74. The zero-order valence-electron chi connectivity index (χ0n) is 11.6. The predicted molar refractivity (Wildman–Crippen MR) is 77.7 cm³/mol. The minimum Gasteiger partial charge on any atom is -0.399 e. The van der Waals surface area contributed by atoms with Crippen LogP contribution in [0.5, 0.6) is 0 Å². The number of rotatable bonds is 3. The van der Waals surface area contributed by atoms with Crippen LogP contribution in [-0.4, -0.2) is 48.3 Å². The molecule has 1 saturated heterocycles. The lowest BCUT2D eigenvalue weighted by Gasteiger charge is -2.31. The molecule has 2 heterocycles. The van der Waals surface area contributed by atoms with E-state index in [1.807, 2.05) is 24.3 Å². The first kappa shape index (κ1) is 12.9. The molecule has 0 radical (unpaired) electrons. The second kappa shape index (κ2) is 5.50. The Hall–Kier alpha value is -2.08. The van der Waals surface area contributed by atoms with Gasteiger partial charge in [-0.1, -0.05) is 12.1 Å². The Kier molecular flexibility index (Phi) is 3.56. The molecule has 1 aliphatic rings. The average Bonchev–Trinajstić information content (AvgIpc) is 2.88. The Morgan fingerprint density at radius 3 is 2.80 bits per heavy atom. The highest BCUT2D eigenvalue weighted by atomic mass is 16.5. The van der Waals surface area contributed by atoms with Crippen LogP contribution in [0.3, 0.4) is 0 Å². The molecule has 1 fully saturated rings. The largest absolute Gasteiger partial charge is 0.399 e. The summed E-state index contributed by atoms with van der Waals surface area (Å²) in [4.78, 5) is 8.93. The van der Waals surface area contributed by atoms with Crippen molar-refractivity contribution in [3.05, 3.63) is 35.7 Å². The van der Waals surface area contributed by atoms with E-state index in [1.54, 1.807) is 0 Å². The minimum absolute atomic E-state index is 0.617. The summed E-state index contributed by atoms with van der Waals surface area (Å²) in [5.74, 6) is 1.32. The monoisotopic (exact) mass is 273 g/mol. The molecule has 1 aromatic carbocycles. The fourth-order valence-corrected chi connectivity index (χ4v) is 2.33. The number of aromatic nitrogens is 2. The topological polar surface area (TPSA) is 71.4 Å². The zero-order valence-corrected chi connectivity index (χ0v) is 11.6. The quantitative estimate of drug-likeness (QED) is 0.841. The Labute approximate surface area is 118 Å². The van der Waals surface area contributed by atoms with Gasteiger partial charge in [0.2, 0.25) is 5.89 Å². The highest BCUT2D eigenvalue weighted by Gasteiger charge is 2.19. The molecule has 2 N–H and O–H groups in total. The molecule has 6 nitrogen and oxygen atoms in total. The number of hydrogen-bond donors (Lipinski definition) is 1. The van der Waals surface area contributed by atoms with Crippen LogP contribution in [-0.2, 0) is 6.42 Å². The number of anilines is 2. The van der Waals surface area contributed by atoms with Gasteiger partial charge in [-0.15, -0.1) is 0 Å². The lowest BCUT2D eigenvalue weighted by molar-refractivity contribution is 0.308. The third-order valence-electron chi connectivity index (χ3n) is 3.55. The smallest absolute Gasteiger partial charge is 0.266 e. The highest BCUT2D eigenvalue weighted by molar-refractivity contribution is 5.41. The molecule has 2 aromatic rings. The van der Waals surface area contributed by atoms with Crippen LogP contribution >= 0.6 is 0 Å². The van der Waals surface area contributed by atoms with Crippen LogP contribution in [0, 0.1) is 0 Å². The summed E-state index contributed by atoms with van der Waals surface area (Å²) in [6.45, 7) is 3.93. The molecule has 0 spiro atoms. The van der Waals surface area contributed by atoms with Gasteiger partial charge in [-0.05, 0) is 29.9 Å². The van der Waals surface area contributed by atoms with E-state index < -0.39 is 0 Å². The standard InChI is InChI=1S/C14H19N5O/c1-18-5-7-19(8-6-18)14-16-13(20-17-14)10-11-3-2-4-12(15)9-11/h2-4,9H,5-8,10,15H2,1H3. The van der Waals surface area contributed by atoms with E-state index in [1.165, 1.54) is 0 Å². The maximum atomic E-state index is 5.77. The van der Waals surface area contributed by atoms with Gasteiger partial charge in [-0.25, -0.2) is 0 Å². The maximum absolute atomic E-state index is 5.77. The lowest BCUT2D eigenvalue weighted by atomic mass is 10.1. The van der Waals surface area contributed by atoms with Gasteiger partial charge in [-0.2, -0.15) is 4.98 Å². The molecule has 0 amide bonds. The van der Waals surface area contributed by atoms with Crippen molar-refractivity contribution in [3.63, 3.8) is 0 Å². The van der Waals surface area contributed by atoms with E-state index in [2.05, 4.69) is 27.0 Å². The van der Waals surface area contributed by atoms with Gasteiger partial charge < -0.3 is 20.1 Å². The SMILES string of the molecule is CN1CCN(c2noc(Cc3cccc(N)c3)n2)CC1. The third-order valence-corrected chi connectivity index (χ3v) is 3.55. The number of benzene rings is 1. The minimum atomic E-state index is 0.617. The van der Waals surface area contributed by atoms with Crippen LogP contribution in [0.2, 0.25) is 0 Å². The van der Waals surface area contributed by atoms with E-state index >= 15 is 0 Å². The van der Waals surface area contributed by atoms with Crippen molar-refractivity contribution >= 4 is 11.6 Å². The molecule has 6 heteroatoms. The zero-order chi connectivity index (χ0) is 13.9. The summed E-state index contributed by atoms with van der Waals surface area (Å²) in [6.07, 6.45) is 0.617. The molecule has 0 unspecified atom stereocenters. The Morgan fingerprint density at radius 2 is 2.05 bits per heavy atom. The fraction of sp³-hybridized carbons (Fsp3) is 0.429. The van der Waals surface area contributed by atoms with Gasteiger partial charge in [0, 0.05) is 31.9 Å². The molecule has 1 aliphatic heterocycles. The number of nitrogen functional groups attached to an aromatic ring is 1. The van der Waals surface area contributed by atoms with Gasteiger partial charge in [0.25, 0.3) is 5.95 Å². The highest BCUT2D eigenvalue weighted by Crippen LogP contribution is 2.15. The van der Waals surface area contributed by atoms with Crippen LogP contribution in [0.15, 0.2) is 28.8 Å². The van der Waals surface area contributed by atoms with Gasteiger partial charge in [-0.3, -0.25) is 0 Å². The normalized spacial score (nSPS) is 16.6. The summed E-state index contributed by atoms with van der Waals surface area (Å²) in [5.41, 5.74) is 7.60. The van der Waals surface area contributed by atoms with E-state index in [0.717, 1.165) is 37.4 Å². The maximum Gasteiger partial charge on any atom is 0.266 e. The van der Waals surface area contributed by atoms with Crippen molar-refractivity contribution in [3.8, 4) is 0 Å². The molecule has 0 saturated carbocycles. The van der Waals surface area contributed by atoms with E-state index in [-0.39, 0.29) is 0 Å². The second-order valence-electron chi connectivity index (χ2n) is 5.20. The molecule has 0 atom stereocenters. The molecule has 0 bridgehead atoms. The second-order valence-corrected chi connectivity index (χ2v) is 5.20. The fourth-order valence-electron chi connectivity index (χ4n) is 2.33. The number of hydrogen-bond acceptors (Lipinski definition) is 6. The summed E-state index contributed by atoms with van der Waals surface area (Å²) < 4.78 is 5.33. The van der Waals surface area contributed by atoms with Crippen molar-refractivity contribution in [1.29, 1.82) is 0 Å². The van der Waals surface area contributed by atoms with Crippen molar-refractivity contribution < 1.29 is 4.52 Å². The molecule has 106 valence electrons. The van der Waals surface area contributed by atoms with Crippen LogP contribution < -0.4 is 10.6 Å². The summed E-state index contributed by atoms with van der Waals surface area (Å²) in [5, 5.41) is 4.07. The number of piperazine rings is 1. The van der Waals surface area contributed by atoms with Gasteiger partial charge in [0.1, 0.15) is 0 Å². The first-order valence-corrected chi connectivity index (χ1v) is 6.81. The van der Waals surface area contributed by atoms with Gasteiger partial charge in [0.05, 0.1) is 6.42 Å². The molecular weight excluding hydrogens is 254 g/mol. The number of likely N-dealkylation sites (N-methyl/N-ethyl adjacent to an activating group) is 1. The number of nitrogens with two attached hydrogens (primary N) is 1. The predicted octanol–water partition coefficient (Wildman–Crippen LogP) is 0.994. The van der Waals surface area contributed by atoms with Crippen molar-refractivity contribution in [2.24, 2.45) is 0 Å². The summed E-state index contributed by atoms with van der Waals surface area (Å²) in [7, 11) is 2.12. The Morgan fingerprint density at radius 1 is 1.25 bits per heavy atom. The van der Waals surface area contributed by atoms with Crippen LogP contribution in [0.1, 0.15) is 11.5 Å². The first-order chi connectivity index (χ1) is 9.70. The Bertz CT molecular complexity index is 574. The lowest BCUT2D eigenvalue weighted by Crippen LogP contribution is -2.44. The Balaban J connectivity index is 1.67. The molecule has 20 heavy (non-hydrogen) atoms. The van der Waals surface area contributed by atoms with Crippen molar-refractivity contribution in [1.82, 2.24) is 15.0 Å². The molecule has 3 rings (SSSR count). The van der Waals surface area contributed by atoms with E-state index in [9.17, 15) is 0 Å². The van der Waals surface area contributed by atoms with Gasteiger partial charge in [0.15, 0.2) is 0 Å². The third kappa shape index (κ3) is 2.91. The van der Waals surface area contributed by atoms with Gasteiger partial charge >= 0.3 is 0 Å². The van der Waals surface area contributed by atoms with E-state index in [0.29, 0.717) is 18.3 Å². The van der Waals surface area contributed by atoms with Crippen molar-refractivity contribution in [2.45, 2.75) is 6.42 Å². The van der Waals surface area contributed by atoms with Crippen molar-refractivity contribution in [2.75, 3.05) is 43.9 Å². The number of nitrogens with zero attached hydrogens (tertiary/aromatic N) is 4. The molecule has 0 aliphatic carbocycles. The summed E-state index contributed by atoms with van der Waals surface area (Å²) >= 11 is 0. The van der Waals surface area contributed by atoms with Crippen LogP contribution in [0.25, 0.3) is 0 Å².